The molecule has 0 saturated heterocycles. The Kier molecular flexibility index (Phi) is 4.42. The van der Waals surface area contributed by atoms with E-state index in [2.05, 4.69) is 0 Å². The Morgan fingerprint density at radius 2 is 1.47 bits per heavy atom. The maximum Gasteiger partial charge on any atom is 0.162 e. The monoisotopic (exact) mass is 257 g/mol. The highest BCUT2D eigenvalue weighted by atomic mass is 16.5. The maximum atomic E-state index is 6.04. The summed E-state index contributed by atoms with van der Waals surface area (Å²) in [5.41, 5.74) is 7.10. The van der Waals surface area contributed by atoms with Crippen molar-refractivity contribution < 1.29 is 9.47 Å². The molecule has 3 nitrogen and oxygen atoms in total. The van der Waals surface area contributed by atoms with Crippen molar-refractivity contribution in [2.45, 2.75) is 19.1 Å². The van der Waals surface area contributed by atoms with Crippen LogP contribution < -0.4 is 15.2 Å². The third-order valence-corrected chi connectivity index (χ3v) is 2.93. The summed E-state index contributed by atoms with van der Waals surface area (Å²) >= 11 is 0. The minimum Gasteiger partial charge on any atom is -0.493 e. The molecule has 100 valence electrons. The molecule has 3 heteroatoms. The van der Waals surface area contributed by atoms with E-state index in [-0.39, 0.29) is 12.1 Å². The van der Waals surface area contributed by atoms with Crippen LogP contribution in [-0.4, -0.2) is 13.2 Å². The minimum absolute atomic E-state index is 0.118. The van der Waals surface area contributed by atoms with Gasteiger partial charge in [-0.2, -0.15) is 0 Å². The molecule has 0 spiro atoms. The highest BCUT2D eigenvalue weighted by Gasteiger charge is 2.19. The topological polar surface area (TPSA) is 44.5 Å². The average molecular weight is 257 g/mol. The van der Waals surface area contributed by atoms with Gasteiger partial charge in [0.15, 0.2) is 11.5 Å². The third-order valence-electron chi connectivity index (χ3n) is 2.93. The predicted molar refractivity (Wildman–Crippen MR) is 76.5 cm³/mol. The van der Waals surface area contributed by atoms with Crippen molar-refractivity contribution in [3.05, 3.63) is 60.2 Å². The van der Waals surface area contributed by atoms with Crippen LogP contribution in [0.2, 0.25) is 0 Å². The Hall–Kier alpha value is -2.00. The molecule has 2 N–H and O–H groups in total. The first-order chi connectivity index (χ1) is 9.22. The number of hydrogen-bond donors (Lipinski definition) is 1. The number of ether oxygens (including phenoxy) is 2. The Balaban J connectivity index is 2.27. The zero-order chi connectivity index (χ0) is 13.7. The standard InChI is InChI=1S/C16H19NO2/c1-12(17)16(13-8-4-3-5-9-13)19-15-11-7-6-10-14(15)18-2/h3-12,16H,17H2,1-2H3. The van der Waals surface area contributed by atoms with Crippen LogP contribution in [0.3, 0.4) is 0 Å². The zero-order valence-corrected chi connectivity index (χ0v) is 11.2. The quantitative estimate of drug-likeness (QED) is 0.894. The smallest absolute Gasteiger partial charge is 0.162 e. The van der Waals surface area contributed by atoms with Gasteiger partial charge in [-0.15, -0.1) is 0 Å². The van der Waals surface area contributed by atoms with Crippen LogP contribution in [0.1, 0.15) is 18.6 Å². The molecule has 0 radical (unpaired) electrons. The Morgan fingerprint density at radius 1 is 0.895 bits per heavy atom. The number of methoxy groups -OCH3 is 1. The number of rotatable bonds is 5. The van der Waals surface area contributed by atoms with Crippen LogP contribution in [0.15, 0.2) is 54.6 Å². The molecule has 0 aromatic heterocycles. The van der Waals surface area contributed by atoms with Gasteiger partial charge in [-0.3, -0.25) is 0 Å². The van der Waals surface area contributed by atoms with Crippen LogP contribution in [0.25, 0.3) is 0 Å². The third kappa shape index (κ3) is 3.26. The second kappa shape index (κ2) is 6.25. The van der Waals surface area contributed by atoms with Gasteiger partial charge in [-0.1, -0.05) is 42.5 Å². The molecule has 0 bridgehead atoms. The number of para-hydroxylation sites is 2. The van der Waals surface area contributed by atoms with Gasteiger partial charge in [0.05, 0.1) is 7.11 Å². The first-order valence-electron chi connectivity index (χ1n) is 6.32. The van der Waals surface area contributed by atoms with E-state index in [9.17, 15) is 0 Å². The molecule has 0 aliphatic carbocycles. The molecule has 2 atom stereocenters. The van der Waals surface area contributed by atoms with Crippen LogP contribution >= 0.6 is 0 Å². The van der Waals surface area contributed by atoms with E-state index in [4.69, 9.17) is 15.2 Å². The van der Waals surface area contributed by atoms with Gasteiger partial charge in [0, 0.05) is 6.04 Å². The highest BCUT2D eigenvalue weighted by molar-refractivity contribution is 5.40. The number of nitrogens with two attached hydrogens (primary N) is 1. The Labute approximate surface area is 114 Å². The predicted octanol–water partition coefficient (Wildman–Crippen LogP) is 3.16. The van der Waals surface area contributed by atoms with E-state index < -0.39 is 0 Å². The van der Waals surface area contributed by atoms with Crippen LogP contribution in [-0.2, 0) is 0 Å². The van der Waals surface area contributed by atoms with E-state index in [0.717, 1.165) is 5.56 Å². The van der Waals surface area contributed by atoms with Gasteiger partial charge in [-0.05, 0) is 24.6 Å². The molecule has 0 aliphatic heterocycles. The van der Waals surface area contributed by atoms with E-state index >= 15 is 0 Å². The highest BCUT2D eigenvalue weighted by Crippen LogP contribution is 2.31. The van der Waals surface area contributed by atoms with E-state index in [1.807, 2.05) is 61.5 Å². The second-order valence-corrected chi connectivity index (χ2v) is 4.46. The van der Waals surface area contributed by atoms with Crippen molar-refractivity contribution in [1.29, 1.82) is 0 Å². The summed E-state index contributed by atoms with van der Waals surface area (Å²) in [7, 11) is 1.63. The SMILES string of the molecule is COc1ccccc1OC(c1ccccc1)C(C)N. The molecule has 2 aromatic rings. The summed E-state index contributed by atoms with van der Waals surface area (Å²) < 4.78 is 11.3. The summed E-state index contributed by atoms with van der Waals surface area (Å²) in [4.78, 5) is 0. The van der Waals surface area contributed by atoms with E-state index in [1.54, 1.807) is 7.11 Å². The van der Waals surface area contributed by atoms with Gasteiger partial charge in [0.25, 0.3) is 0 Å². The van der Waals surface area contributed by atoms with Crippen molar-refractivity contribution in [1.82, 2.24) is 0 Å². The molecule has 0 heterocycles. The van der Waals surface area contributed by atoms with Crippen LogP contribution in [0.5, 0.6) is 11.5 Å². The molecule has 0 aliphatic rings. The second-order valence-electron chi connectivity index (χ2n) is 4.46. The van der Waals surface area contributed by atoms with Gasteiger partial charge < -0.3 is 15.2 Å². The normalized spacial score (nSPS) is 13.6. The van der Waals surface area contributed by atoms with E-state index in [1.165, 1.54) is 0 Å². The van der Waals surface area contributed by atoms with Gasteiger partial charge in [0.1, 0.15) is 6.10 Å². The first-order valence-corrected chi connectivity index (χ1v) is 6.32. The fourth-order valence-corrected chi connectivity index (χ4v) is 1.97. The fraction of sp³-hybridized carbons (Fsp3) is 0.250. The lowest BCUT2D eigenvalue weighted by Gasteiger charge is -2.23. The molecule has 0 amide bonds. The Bertz CT molecular complexity index is 511. The molecular formula is C16H19NO2. The molecule has 2 unspecified atom stereocenters. The Morgan fingerprint density at radius 3 is 2.05 bits per heavy atom. The lowest BCUT2D eigenvalue weighted by Crippen LogP contribution is -2.29. The van der Waals surface area contributed by atoms with Crippen LogP contribution in [0.4, 0.5) is 0 Å². The minimum atomic E-state index is -0.197. The van der Waals surface area contributed by atoms with Gasteiger partial charge in [-0.25, -0.2) is 0 Å². The molecule has 0 saturated carbocycles. The lowest BCUT2D eigenvalue weighted by atomic mass is 10.0. The summed E-state index contributed by atoms with van der Waals surface area (Å²) in [6.07, 6.45) is -0.197. The molecule has 19 heavy (non-hydrogen) atoms. The lowest BCUT2D eigenvalue weighted by molar-refractivity contribution is 0.173. The average Bonchev–Trinajstić information content (AvgIpc) is 2.45. The summed E-state index contributed by atoms with van der Waals surface area (Å²) in [6.45, 7) is 1.94. The van der Waals surface area contributed by atoms with Crippen LogP contribution in [0, 0.1) is 0 Å². The summed E-state index contributed by atoms with van der Waals surface area (Å²) in [5.74, 6) is 1.42. The molecule has 2 aromatic carbocycles. The number of hydrogen-bond acceptors (Lipinski definition) is 3. The van der Waals surface area contributed by atoms with Crippen molar-refractivity contribution in [3.8, 4) is 11.5 Å². The summed E-state index contributed by atoms with van der Waals surface area (Å²) in [5, 5.41) is 0. The zero-order valence-electron chi connectivity index (χ0n) is 11.2. The van der Waals surface area contributed by atoms with Crippen molar-refractivity contribution in [2.75, 3.05) is 7.11 Å². The fourth-order valence-electron chi connectivity index (χ4n) is 1.97. The largest absolute Gasteiger partial charge is 0.493 e. The first kappa shape index (κ1) is 13.4. The summed E-state index contributed by atoms with van der Waals surface area (Å²) in [6, 6.07) is 17.4. The number of benzene rings is 2. The van der Waals surface area contributed by atoms with Gasteiger partial charge >= 0.3 is 0 Å². The molecule has 0 fully saturated rings. The van der Waals surface area contributed by atoms with Gasteiger partial charge in [0.2, 0.25) is 0 Å². The maximum absolute atomic E-state index is 6.04. The van der Waals surface area contributed by atoms with Crippen molar-refractivity contribution in [2.24, 2.45) is 5.73 Å². The molecular weight excluding hydrogens is 238 g/mol. The molecule has 2 rings (SSSR count). The van der Waals surface area contributed by atoms with Crippen molar-refractivity contribution >= 4 is 0 Å². The van der Waals surface area contributed by atoms with Crippen molar-refractivity contribution in [3.63, 3.8) is 0 Å². The van der Waals surface area contributed by atoms with E-state index in [0.29, 0.717) is 11.5 Å².